The van der Waals surface area contributed by atoms with Gasteiger partial charge in [-0.15, -0.1) is 0 Å². The zero-order valence-corrected chi connectivity index (χ0v) is 14.8. The lowest BCUT2D eigenvalue weighted by atomic mass is 10.2. The minimum atomic E-state index is -0.517. The number of nitrogens with one attached hydrogen (secondary N) is 2. The van der Waals surface area contributed by atoms with E-state index in [-0.39, 0.29) is 17.2 Å². The van der Waals surface area contributed by atoms with Crippen molar-refractivity contribution in [3.8, 4) is 0 Å². The predicted octanol–water partition coefficient (Wildman–Crippen LogP) is 3.49. The number of rotatable bonds is 8. The number of anilines is 1. The molecule has 0 aromatic heterocycles. The van der Waals surface area contributed by atoms with Gasteiger partial charge in [0.05, 0.1) is 16.7 Å². The van der Waals surface area contributed by atoms with Crippen molar-refractivity contribution in [2.45, 2.75) is 26.2 Å². The van der Waals surface area contributed by atoms with Crippen LogP contribution in [0.25, 0.3) is 0 Å². The Morgan fingerprint density at radius 2 is 1.85 bits per heavy atom. The van der Waals surface area contributed by atoms with E-state index in [1.165, 1.54) is 18.3 Å². The van der Waals surface area contributed by atoms with Crippen molar-refractivity contribution in [1.29, 1.82) is 0 Å². The van der Waals surface area contributed by atoms with Gasteiger partial charge in [0, 0.05) is 23.7 Å². The second kappa shape index (κ2) is 9.81. The highest BCUT2D eigenvalue weighted by Gasteiger charge is 2.10. The van der Waals surface area contributed by atoms with Crippen molar-refractivity contribution >= 4 is 29.4 Å². The zero-order chi connectivity index (χ0) is 19.6. The number of nitro benzene ring substituents is 1. The molecule has 2 N–H and O–H groups in total. The fourth-order valence-electron chi connectivity index (χ4n) is 2.25. The highest BCUT2D eigenvalue weighted by Crippen LogP contribution is 2.15. The van der Waals surface area contributed by atoms with E-state index in [1.807, 2.05) is 6.92 Å². The number of hydrazone groups is 1. The summed E-state index contributed by atoms with van der Waals surface area (Å²) in [6.45, 7) is 2.01. The van der Waals surface area contributed by atoms with E-state index in [0.29, 0.717) is 17.7 Å². The highest BCUT2D eigenvalue weighted by atomic mass is 16.6. The summed E-state index contributed by atoms with van der Waals surface area (Å²) in [5.41, 5.74) is 3.46. The number of nitro groups is 1. The summed E-state index contributed by atoms with van der Waals surface area (Å²) in [7, 11) is 0. The van der Waals surface area contributed by atoms with Gasteiger partial charge in [0.1, 0.15) is 0 Å². The fourth-order valence-corrected chi connectivity index (χ4v) is 2.25. The van der Waals surface area contributed by atoms with Gasteiger partial charge in [-0.1, -0.05) is 25.5 Å². The first-order valence-electron chi connectivity index (χ1n) is 8.48. The van der Waals surface area contributed by atoms with E-state index in [4.69, 9.17) is 0 Å². The van der Waals surface area contributed by atoms with E-state index in [9.17, 15) is 19.7 Å². The molecule has 0 aliphatic rings. The molecule has 0 heterocycles. The first-order chi connectivity index (χ1) is 13.0. The number of nitrogens with zero attached hydrogens (tertiary/aromatic N) is 2. The molecule has 0 spiro atoms. The topological polar surface area (TPSA) is 114 Å². The molecule has 0 radical (unpaired) electrons. The Hall–Kier alpha value is -3.55. The van der Waals surface area contributed by atoms with Crippen LogP contribution in [-0.4, -0.2) is 23.0 Å². The molecule has 2 rings (SSSR count). The maximum Gasteiger partial charge on any atom is 0.278 e. The first kappa shape index (κ1) is 19.8. The van der Waals surface area contributed by atoms with Crippen LogP contribution in [0.15, 0.2) is 53.6 Å². The molecule has 140 valence electrons. The van der Waals surface area contributed by atoms with Gasteiger partial charge >= 0.3 is 0 Å². The zero-order valence-electron chi connectivity index (χ0n) is 14.8. The lowest BCUT2D eigenvalue weighted by molar-refractivity contribution is -0.385. The average molecular weight is 368 g/mol. The average Bonchev–Trinajstić information content (AvgIpc) is 2.67. The summed E-state index contributed by atoms with van der Waals surface area (Å²) >= 11 is 0. The maximum atomic E-state index is 12.1. The SMILES string of the molecule is CCCCC(=O)Nc1ccc(C(=O)N/N=C/c2ccccc2[N+](=O)[O-])cc1. The smallest absolute Gasteiger partial charge is 0.278 e. The summed E-state index contributed by atoms with van der Waals surface area (Å²) in [4.78, 5) is 34.2. The van der Waals surface area contributed by atoms with E-state index < -0.39 is 10.8 Å². The number of hydrogen-bond donors (Lipinski definition) is 2. The molecule has 2 amide bonds. The highest BCUT2D eigenvalue weighted by molar-refractivity contribution is 5.96. The van der Waals surface area contributed by atoms with Crippen LogP contribution < -0.4 is 10.7 Å². The Bertz CT molecular complexity index is 847. The van der Waals surface area contributed by atoms with Crippen LogP contribution in [0.5, 0.6) is 0 Å². The molecule has 0 unspecified atom stereocenters. The Kier molecular flexibility index (Phi) is 7.18. The van der Waals surface area contributed by atoms with E-state index >= 15 is 0 Å². The molecule has 0 aliphatic heterocycles. The van der Waals surface area contributed by atoms with Crippen LogP contribution in [0, 0.1) is 10.1 Å². The molecule has 0 bridgehead atoms. The van der Waals surface area contributed by atoms with Crippen LogP contribution in [0.4, 0.5) is 11.4 Å². The van der Waals surface area contributed by atoms with Crippen molar-refractivity contribution in [2.24, 2.45) is 5.10 Å². The normalized spacial score (nSPS) is 10.6. The molecule has 0 fully saturated rings. The molecule has 27 heavy (non-hydrogen) atoms. The molecule has 8 nitrogen and oxygen atoms in total. The van der Waals surface area contributed by atoms with E-state index in [0.717, 1.165) is 12.8 Å². The van der Waals surface area contributed by atoms with Crippen LogP contribution in [-0.2, 0) is 4.79 Å². The Morgan fingerprint density at radius 3 is 2.52 bits per heavy atom. The largest absolute Gasteiger partial charge is 0.326 e. The van der Waals surface area contributed by atoms with E-state index in [2.05, 4.69) is 15.8 Å². The monoisotopic (exact) mass is 368 g/mol. The number of carbonyl (C=O) groups is 2. The Labute approximate surface area is 156 Å². The molecule has 8 heteroatoms. The number of carbonyl (C=O) groups excluding carboxylic acids is 2. The lowest BCUT2D eigenvalue weighted by Gasteiger charge is -2.06. The van der Waals surface area contributed by atoms with E-state index in [1.54, 1.807) is 36.4 Å². The minimum absolute atomic E-state index is 0.0666. The van der Waals surface area contributed by atoms with Gasteiger partial charge in [-0.05, 0) is 36.8 Å². The van der Waals surface area contributed by atoms with Gasteiger partial charge in [-0.25, -0.2) is 5.43 Å². The third-order valence-electron chi connectivity index (χ3n) is 3.69. The molecule has 0 aliphatic carbocycles. The molecule has 0 saturated carbocycles. The van der Waals surface area contributed by atoms with Crippen LogP contribution in [0.1, 0.15) is 42.1 Å². The second-order valence-corrected chi connectivity index (χ2v) is 5.74. The Morgan fingerprint density at radius 1 is 1.15 bits per heavy atom. The lowest BCUT2D eigenvalue weighted by Crippen LogP contribution is -2.18. The Balaban J connectivity index is 1.95. The molecule has 0 saturated heterocycles. The van der Waals surface area contributed by atoms with Gasteiger partial charge in [0.25, 0.3) is 11.6 Å². The number of hydrogen-bond acceptors (Lipinski definition) is 5. The van der Waals surface area contributed by atoms with Gasteiger partial charge in [0.15, 0.2) is 0 Å². The summed E-state index contributed by atoms with van der Waals surface area (Å²) < 4.78 is 0. The molecule has 2 aromatic rings. The van der Waals surface area contributed by atoms with Gasteiger partial charge in [-0.2, -0.15) is 5.10 Å². The van der Waals surface area contributed by atoms with Crippen molar-refractivity contribution < 1.29 is 14.5 Å². The number of amides is 2. The van der Waals surface area contributed by atoms with Crippen LogP contribution in [0.2, 0.25) is 0 Å². The third kappa shape index (κ3) is 6.03. The molecular formula is C19H20N4O4. The second-order valence-electron chi connectivity index (χ2n) is 5.74. The molecule has 2 aromatic carbocycles. The summed E-state index contributed by atoms with van der Waals surface area (Å²) in [5.74, 6) is -0.531. The van der Waals surface area contributed by atoms with Crippen LogP contribution in [0.3, 0.4) is 0 Å². The summed E-state index contributed by atoms with van der Waals surface area (Å²) in [6, 6.07) is 12.5. The first-order valence-corrected chi connectivity index (χ1v) is 8.48. The van der Waals surface area contributed by atoms with Gasteiger partial charge in [-0.3, -0.25) is 19.7 Å². The minimum Gasteiger partial charge on any atom is -0.326 e. The summed E-state index contributed by atoms with van der Waals surface area (Å²) in [6.07, 6.45) is 3.44. The van der Waals surface area contributed by atoms with Crippen LogP contribution >= 0.6 is 0 Å². The standard InChI is InChI=1S/C19H20N4O4/c1-2-3-8-18(24)21-16-11-9-14(10-12-16)19(25)22-20-13-15-6-4-5-7-17(15)23(26)27/h4-7,9-13H,2-3,8H2,1H3,(H,21,24)(H,22,25)/b20-13+. The van der Waals surface area contributed by atoms with Crippen molar-refractivity contribution in [1.82, 2.24) is 5.43 Å². The molecular weight excluding hydrogens is 348 g/mol. The maximum absolute atomic E-state index is 12.1. The summed E-state index contributed by atoms with van der Waals surface area (Å²) in [5, 5.41) is 17.5. The van der Waals surface area contributed by atoms with Gasteiger partial charge < -0.3 is 5.32 Å². The fraction of sp³-hybridized carbons (Fsp3) is 0.211. The van der Waals surface area contributed by atoms with Crippen molar-refractivity contribution in [2.75, 3.05) is 5.32 Å². The van der Waals surface area contributed by atoms with Crippen molar-refractivity contribution in [3.05, 3.63) is 69.8 Å². The van der Waals surface area contributed by atoms with Gasteiger partial charge in [0.2, 0.25) is 5.91 Å². The molecule has 0 atom stereocenters. The number of unbranched alkanes of at least 4 members (excludes halogenated alkanes) is 1. The third-order valence-corrected chi connectivity index (χ3v) is 3.69. The number of para-hydroxylation sites is 1. The van der Waals surface area contributed by atoms with Crippen molar-refractivity contribution in [3.63, 3.8) is 0 Å². The quantitative estimate of drug-likeness (QED) is 0.422. The number of benzene rings is 2. The predicted molar refractivity (Wildman–Crippen MR) is 103 cm³/mol.